The lowest BCUT2D eigenvalue weighted by Gasteiger charge is -2.25. The summed E-state index contributed by atoms with van der Waals surface area (Å²) < 4.78 is 19.9. The highest BCUT2D eigenvalue weighted by Crippen LogP contribution is 2.35. The van der Waals surface area contributed by atoms with Crippen molar-refractivity contribution in [2.24, 2.45) is 0 Å². The number of ether oxygens (including phenoxy) is 4. The summed E-state index contributed by atoms with van der Waals surface area (Å²) in [6.45, 7) is 16.6. The molecule has 3 aromatic carbocycles. The van der Waals surface area contributed by atoms with Crippen LogP contribution in [0.5, 0.6) is 0 Å². The Balaban J connectivity index is 1.76. The van der Waals surface area contributed by atoms with Crippen LogP contribution in [0.1, 0.15) is 25.0 Å². The molecule has 0 unspecified atom stereocenters. The summed E-state index contributed by atoms with van der Waals surface area (Å²) in [5.74, 6) is -2.90. The van der Waals surface area contributed by atoms with Crippen LogP contribution in [0.15, 0.2) is 114 Å². The fourth-order valence-corrected chi connectivity index (χ4v) is 4.00. The molecule has 49 heavy (non-hydrogen) atoms. The Bertz CT molecular complexity index is 1730. The molecule has 248 valence electrons. The van der Waals surface area contributed by atoms with E-state index in [2.05, 4.69) is 18.0 Å². The molecule has 0 amide bonds. The third-order valence-corrected chi connectivity index (χ3v) is 6.40. The van der Waals surface area contributed by atoms with Crippen molar-refractivity contribution in [3.05, 3.63) is 137 Å². The average Bonchev–Trinajstić information content (AvgIpc) is 3.11. The molecule has 0 N–H and O–H groups in total. The molecule has 0 saturated heterocycles. The van der Waals surface area contributed by atoms with Crippen LogP contribution in [-0.2, 0) is 38.1 Å². The van der Waals surface area contributed by atoms with E-state index < -0.39 is 23.9 Å². The third kappa shape index (κ3) is 11.2. The predicted molar refractivity (Wildman–Crippen MR) is 183 cm³/mol. The van der Waals surface area contributed by atoms with Gasteiger partial charge in [-0.1, -0.05) is 55.6 Å². The van der Waals surface area contributed by atoms with Gasteiger partial charge in [0.25, 0.3) is 5.70 Å². The molecule has 0 aromatic heterocycles. The van der Waals surface area contributed by atoms with Gasteiger partial charge in [-0.05, 0) is 73.5 Å². The quantitative estimate of drug-likeness (QED) is 0.0436. The van der Waals surface area contributed by atoms with Gasteiger partial charge in [-0.2, -0.15) is 5.26 Å². The number of para-hydroxylation sites is 1. The second-order valence-electron chi connectivity index (χ2n) is 10.3. The second-order valence-corrected chi connectivity index (χ2v) is 10.3. The van der Waals surface area contributed by atoms with E-state index in [1.165, 1.54) is 26.0 Å². The number of rotatable bonds is 15. The first kappa shape index (κ1) is 36.7. The minimum Gasteiger partial charge on any atom is -0.467 e. The molecule has 11 nitrogen and oxygen atoms in total. The molecule has 0 aliphatic rings. The van der Waals surface area contributed by atoms with Gasteiger partial charge >= 0.3 is 23.9 Å². The van der Waals surface area contributed by atoms with E-state index in [1.807, 2.05) is 65.6 Å². The first-order chi connectivity index (χ1) is 23.5. The zero-order chi connectivity index (χ0) is 35.8. The Morgan fingerprint density at radius 3 is 1.51 bits per heavy atom. The maximum Gasteiger partial charge on any atom is 0.349 e. The van der Waals surface area contributed by atoms with Crippen LogP contribution in [-0.4, -0.2) is 50.3 Å². The topological polar surface area (TPSA) is 137 Å². The highest BCUT2D eigenvalue weighted by Gasteiger charge is 2.16. The number of nitrogens with zero attached hydrogens (tertiary/aromatic N) is 3. The van der Waals surface area contributed by atoms with Crippen LogP contribution in [0.25, 0.3) is 17.0 Å². The number of anilines is 3. The summed E-state index contributed by atoms with van der Waals surface area (Å²) in [6.07, 6.45) is 2.80. The van der Waals surface area contributed by atoms with Crippen molar-refractivity contribution in [1.82, 2.24) is 0 Å². The first-order valence-electron chi connectivity index (χ1n) is 14.8. The number of hydrogen-bond acceptors (Lipinski definition) is 10. The summed E-state index contributed by atoms with van der Waals surface area (Å²) in [6, 6.07) is 25.7. The number of carbonyl (C=O) groups excluding carboxylic acids is 4. The molecule has 0 saturated carbocycles. The lowest BCUT2D eigenvalue weighted by Crippen LogP contribution is -2.15. The van der Waals surface area contributed by atoms with E-state index in [9.17, 15) is 24.4 Å². The molecular formula is C38H33N3O8. The fourth-order valence-electron chi connectivity index (χ4n) is 4.00. The summed E-state index contributed by atoms with van der Waals surface area (Å²) in [4.78, 5) is 53.0. The van der Waals surface area contributed by atoms with Crippen molar-refractivity contribution >= 4 is 53.1 Å². The summed E-state index contributed by atoms with van der Waals surface area (Å²) in [5.41, 5.74) is 3.52. The zero-order valence-electron chi connectivity index (χ0n) is 27.0. The van der Waals surface area contributed by atoms with Gasteiger partial charge < -0.3 is 23.8 Å². The fraction of sp³-hybridized carbons (Fsp3) is 0.158. The Kier molecular flexibility index (Phi) is 13.8. The smallest absolute Gasteiger partial charge is 0.349 e. The molecule has 3 aromatic rings. The molecule has 0 spiro atoms. The van der Waals surface area contributed by atoms with E-state index in [1.54, 1.807) is 24.3 Å². The Hall–Kier alpha value is -6.72. The van der Waals surface area contributed by atoms with Crippen molar-refractivity contribution in [2.45, 2.75) is 13.8 Å². The normalized spacial score (nSPS) is 10.9. The average molecular weight is 660 g/mol. The largest absolute Gasteiger partial charge is 0.467 e. The maximum atomic E-state index is 12.4. The minimum atomic E-state index is -0.850. The van der Waals surface area contributed by atoms with Crippen molar-refractivity contribution in [3.63, 3.8) is 0 Å². The minimum absolute atomic E-state index is 0.160. The van der Waals surface area contributed by atoms with E-state index in [0.717, 1.165) is 17.1 Å². The van der Waals surface area contributed by atoms with E-state index >= 15 is 0 Å². The highest BCUT2D eigenvalue weighted by atomic mass is 16.6. The molecule has 3 rings (SSSR count). The van der Waals surface area contributed by atoms with Gasteiger partial charge in [-0.25, -0.2) is 19.2 Å². The maximum absolute atomic E-state index is 12.4. The van der Waals surface area contributed by atoms with E-state index in [0.29, 0.717) is 11.1 Å². The Morgan fingerprint density at radius 1 is 0.673 bits per heavy atom. The summed E-state index contributed by atoms with van der Waals surface area (Å²) in [7, 11) is 0. The first-order valence-corrected chi connectivity index (χ1v) is 14.8. The number of nitriles is 1. The lowest BCUT2D eigenvalue weighted by molar-refractivity contribution is -0.147. The molecule has 0 bridgehead atoms. The number of benzene rings is 3. The van der Waals surface area contributed by atoms with Crippen LogP contribution >= 0.6 is 0 Å². The van der Waals surface area contributed by atoms with Crippen molar-refractivity contribution in [1.29, 1.82) is 5.26 Å². The highest BCUT2D eigenvalue weighted by molar-refractivity contribution is 5.98. The van der Waals surface area contributed by atoms with Gasteiger partial charge in [0.05, 0.1) is 6.57 Å². The van der Waals surface area contributed by atoms with Gasteiger partial charge in [0.15, 0.2) is 0 Å². The summed E-state index contributed by atoms with van der Waals surface area (Å²) >= 11 is 0. The van der Waals surface area contributed by atoms with Crippen LogP contribution in [0.3, 0.4) is 0 Å². The van der Waals surface area contributed by atoms with E-state index in [4.69, 9.17) is 25.5 Å². The van der Waals surface area contributed by atoms with Crippen LogP contribution in [0, 0.1) is 17.9 Å². The molecule has 0 heterocycles. The molecule has 11 heteroatoms. The van der Waals surface area contributed by atoms with Gasteiger partial charge in [0, 0.05) is 28.2 Å². The van der Waals surface area contributed by atoms with E-state index in [-0.39, 0.29) is 48.8 Å². The lowest BCUT2D eigenvalue weighted by atomic mass is 10.1. The molecule has 0 aliphatic heterocycles. The van der Waals surface area contributed by atoms with Gasteiger partial charge in [0.1, 0.15) is 38.1 Å². The molecule has 0 radical (unpaired) electrons. The molecular weight excluding hydrogens is 626 g/mol. The van der Waals surface area contributed by atoms with Crippen LogP contribution < -0.4 is 4.90 Å². The second kappa shape index (κ2) is 18.4. The molecule has 0 fully saturated rings. The van der Waals surface area contributed by atoms with Gasteiger partial charge in [0.2, 0.25) is 0 Å². The van der Waals surface area contributed by atoms with Crippen molar-refractivity contribution < 1.29 is 38.1 Å². The summed E-state index contributed by atoms with van der Waals surface area (Å²) in [5, 5.41) is 9.53. The number of esters is 4. The number of hydrogen-bond donors (Lipinski definition) is 0. The van der Waals surface area contributed by atoms with Gasteiger partial charge in [-0.3, -0.25) is 4.79 Å². The van der Waals surface area contributed by atoms with Gasteiger partial charge in [-0.15, -0.1) is 0 Å². The Morgan fingerprint density at radius 2 is 1.08 bits per heavy atom. The predicted octanol–water partition coefficient (Wildman–Crippen LogP) is 6.65. The number of carbonyl (C=O) groups is 4. The van der Waals surface area contributed by atoms with Crippen LogP contribution in [0.2, 0.25) is 0 Å². The third-order valence-electron chi connectivity index (χ3n) is 6.40. The van der Waals surface area contributed by atoms with Crippen molar-refractivity contribution in [3.8, 4) is 6.07 Å². The zero-order valence-corrected chi connectivity index (χ0v) is 27.0. The Labute approximate surface area is 284 Å². The van der Waals surface area contributed by atoms with Crippen molar-refractivity contribution in [2.75, 3.05) is 31.3 Å². The monoisotopic (exact) mass is 659 g/mol. The standard InChI is InChI=1S/C38H33N3O8/c1-26(2)35(42)46-19-21-48-37(44)30(25-39)23-28-11-15-32(16-12-28)41(31-9-7-6-8-10-31)33-17-13-29(14-18-33)24-34(40-5)38(45)49-22-20-47-36(43)27(3)4/h6-18,23-24H,1,3,19-22H2,2,4H3/b30-23+,34-24-. The molecule has 0 atom stereocenters. The molecule has 0 aliphatic carbocycles. The SMILES string of the molecule is [C-]#[N+]/C(=C\c1ccc(N(c2ccccc2)c2ccc(/C=C(\C#N)C(=O)OCCOC(=O)C(=C)C)cc2)cc1)C(=O)OCCOC(=O)C(=C)C. The van der Waals surface area contributed by atoms with Crippen LogP contribution in [0.4, 0.5) is 17.1 Å².